The van der Waals surface area contributed by atoms with Crippen LogP contribution in [0.25, 0.3) is 0 Å². The number of hydrogen-bond donors (Lipinski definition) is 1. The average molecular weight is 541 g/mol. The minimum atomic E-state index is -1.11. The van der Waals surface area contributed by atoms with E-state index in [0.717, 1.165) is 17.3 Å². The van der Waals surface area contributed by atoms with E-state index >= 15 is 0 Å². The van der Waals surface area contributed by atoms with Crippen LogP contribution in [0, 0.1) is 0 Å². The summed E-state index contributed by atoms with van der Waals surface area (Å²) in [6, 6.07) is 21.4. The smallest absolute Gasteiger partial charge is 0.242 e. The van der Waals surface area contributed by atoms with Crippen molar-refractivity contribution in [3.8, 4) is 11.6 Å². The lowest BCUT2D eigenvalue weighted by atomic mass is 9.79. The highest BCUT2D eigenvalue weighted by molar-refractivity contribution is 8.01. The van der Waals surface area contributed by atoms with Crippen LogP contribution >= 0.6 is 46.3 Å². The summed E-state index contributed by atoms with van der Waals surface area (Å²) in [4.78, 5) is 32.1. The van der Waals surface area contributed by atoms with Crippen LogP contribution in [-0.2, 0) is 15.1 Å². The van der Waals surface area contributed by atoms with Crippen LogP contribution in [0.4, 0.5) is 0 Å². The van der Waals surface area contributed by atoms with Crippen LogP contribution < -0.4 is 10.1 Å². The summed E-state index contributed by atoms with van der Waals surface area (Å²) in [6.07, 6.45) is 0.0468. The Kier molecular flexibility index (Phi) is 6.84. The maximum Gasteiger partial charge on any atom is 0.242 e. The molecule has 2 aromatic heterocycles. The molecular formula is C26H18Cl2N2O3S2. The second-order valence-electron chi connectivity index (χ2n) is 7.90. The number of piperidine rings is 1. The van der Waals surface area contributed by atoms with Crippen LogP contribution in [0.5, 0.6) is 11.6 Å². The van der Waals surface area contributed by atoms with E-state index in [1.165, 1.54) is 11.3 Å². The number of ether oxygens (including phenoxy) is 1. The Bertz CT molecular complexity index is 1380. The summed E-state index contributed by atoms with van der Waals surface area (Å²) in [6.45, 7) is 0. The molecule has 2 atom stereocenters. The number of aromatic nitrogens is 1. The minimum absolute atomic E-state index is 0.0468. The van der Waals surface area contributed by atoms with E-state index in [-0.39, 0.29) is 18.1 Å². The number of rotatable bonds is 6. The summed E-state index contributed by atoms with van der Waals surface area (Å²) in [5.41, 5.74) is 0.190. The fourth-order valence-corrected chi connectivity index (χ4v) is 6.10. The lowest BCUT2D eigenvalue weighted by molar-refractivity contribution is -0.133. The molecule has 1 fully saturated rings. The first kappa shape index (κ1) is 23.9. The third kappa shape index (κ3) is 4.95. The van der Waals surface area contributed by atoms with E-state index in [1.54, 1.807) is 60.7 Å². The highest BCUT2D eigenvalue weighted by Crippen LogP contribution is 2.41. The fourth-order valence-electron chi connectivity index (χ4n) is 3.95. The average Bonchev–Trinajstić information content (AvgIpc) is 3.38. The first-order chi connectivity index (χ1) is 16.9. The Morgan fingerprint density at radius 2 is 1.86 bits per heavy atom. The predicted molar refractivity (Wildman–Crippen MR) is 140 cm³/mol. The monoisotopic (exact) mass is 540 g/mol. The molecular weight excluding hydrogens is 523 g/mol. The molecule has 2 aromatic carbocycles. The number of ketones is 1. The molecule has 0 radical (unpaired) electrons. The van der Waals surface area contributed by atoms with Gasteiger partial charge in [-0.1, -0.05) is 47.5 Å². The van der Waals surface area contributed by atoms with Crippen molar-refractivity contribution in [3.05, 3.63) is 105 Å². The van der Waals surface area contributed by atoms with Crippen LogP contribution in [0.1, 0.15) is 17.7 Å². The van der Waals surface area contributed by atoms with Crippen LogP contribution in [0.15, 0.2) is 88.5 Å². The summed E-state index contributed by atoms with van der Waals surface area (Å²) >= 11 is 15.0. The molecule has 35 heavy (non-hydrogen) atoms. The van der Waals surface area contributed by atoms with Gasteiger partial charge in [-0.3, -0.25) is 9.59 Å². The quantitative estimate of drug-likeness (QED) is 0.274. The molecule has 9 heteroatoms. The molecule has 1 N–H and O–H groups in total. The number of carbonyl (C=O) groups is 2. The van der Waals surface area contributed by atoms with E-state index in [0.29, 0.717) is 32.3 Å². The van der Waals surface area contributed by atoms with Gasteiger partial charge in [-0.15, -0.1) is 11.8 Å². The van der Waals surface area contributed by atoms with Crippen LogP contribution in [0.2, 0.25) is 10.0 Å². The molecule has 0 spiro atoms. The van der Waals surface area contributed by atoms with E-state index in [2.05, 4.69) is 10.3 Å². The molecule has 0 bridgehead atoms. The number of pyridine rings is 1. The number of halogens is 2. The first-order valence-electron chi connectivity index (χ1n) is 10.6. The molecule has 2 unspecified atom stereocenters. The van der Waals surface area contributed by atoms with Gasteiger partial charge in [0.1, 0.15) is 16.5 Å². The number of hydrogen-bond acceptors (Lipinski definition) is 6. The number of Topliss-reactive ketones (excluding diaryl/α,β-unsaturated/α-hetero) is 1. The molecule has 1 aliphatic rings. The number of nitrogens with zero attached hydrogens (tertiary/aromatic N) is 1. The molecule has 0 aliphatic carbocycles. The normalized spacial score (nSPS) is 19.9. The Hall–Kier alpha value is -2.84. The van der Waals surface area contributed by atoms with E-state index in [1.807, 2.05) is 22.9 Å². The number of benzene rings is 2. The molecule has 176 valence electrons. The lowest BCUT2D eigenvalue weighted by Crippen LogP contribution is -2.58. The molecule has 1 saturated heterocycles. The molecule has 1 aliphatic heterocycles. The van der Waals surface area contributed by atoms with Crippen molar-refractivity contribution in [2.75, 3.05) is 0 Å². The lowest BCUT2D eigenvalue weighted by Gasteiger charge is -2.39. The van der Waals surface area contributed by atoms with Crippen LogP contribution in [-0.4, -0.2) is 21.9 Å². The van der Waals surface area contributed by atoms with Crippen molar-refractivity contribution in [2.45, 2.75) is 22.1 Å². The highest BCUT2D eigenvalue weighted by atomic mass is 35.5. The maximum absolute atomic E-state index is 13.4. The van der Waals surface area contributed by atoms with Crippen molar-refractivity contribution in [3.63, 3.8) is 0 Å². The number of thioether (sulfide) groups is 1. The van der Waals surface area contributed by atoms with E-state index in [9.17, 15) is 9.59 Å². The molecule has 0 saturated carbocycles. The standard InChI is InChI=1S/C26H18Cl2N2O3S2/c27-17-5-3-6-18(13-17)33-23-10-4-9-22(29-23)26(16-11-12-34-15-16)14-20(31)24(25(32)30-26)35-21-8-2-1-7-19(21)28/h1-13,15,24H,14H2,(H,30,32). The van der Waals surface area contributed by atoms with E-state index in [4.69, 9.17) is 27.9 Å². The zero-order chi connectivity index (χ0) is 24.4. The van der Waals surface area contributed by atoms with Crippen LogP contribution in [0.3, 0.4) is 0 Å². The van der Waals surface area contributed by atoms with Gasteiger partial charge in [0.15, 0.2) is 5.78 Å². The third-order valence-corrected chi connectivity index (χ3v) is 8.26. The highest BCUT2D eigenvalue weighted by Gasteiger charge is 2.48. The van der Waals surface area contributed by atoms with E-state index < -0.39 is 10.8 Å². The Balaban J connectivity index is 1.49. The molecule has 5 nitrogen and oxygen atoms in total. The SMILES string of the molecule is O=C1CC(c2ccsc2)(c2cccc(Oc3cccc(Cl)c3)n2)NC(=O)C1Sc1ccccc1Cl. The Morgan fingerprint density at radius 1 is 1.03 bits per heavy atom. The zero-order valence-corrected chi connectivity index (χ0v) is 21.3. The van der Waals surface area contributed by atoms with Gasteiger partial charge in [-0.25, -0.2) is 4.98 Å². The van der Waals surface area contributed by atoms with Gasteiger partial charge in [-0.2, -0.15) is 11.3 Å². The van der Waals surface area contributed by atoms with Gasteiger partial charge in [0, 0.05) is 22.4 Å². The third-order valence-electron chi connectivity index (χ3n) is 5.58. The van der Waals surface area contributed by atoms with Gasteiger partial charge in [0.25, 0.3) is 0 Å². The van der Waals surface area contributed by atoms with Gasteiger partial charge in [0.2, 0.25) is 11.8 Å². The van der Waals surface area contributed by atoms with Crippen molar-refractivity contribution in [1.29, 1.82) is 0 Å². The van der Waals surface area contributed by atoms with Crippen molar-refractivity contribution >= 4 is 58.0 Å². The van der Waals surface area contributed by atoms with Gasteiger partial charge in [0.05, 0.1) is 10.7 Å². The van der Waals surface area contributed by atoms with Crippen molar-refractivity contribution < 1.29 is 14.3 Å². The largest absolute Gasteiger partial charge is 0.439 e. The molecule has 5 rings (SSSR count). The van der Waals surface area contributed by atoms with Crippen molar-refractivity contribution in [1.82, 2.24) is 10.3 Å². The number of amides is 1. The maximum atomic E-state index is 13.4. The van der Waals surface area contributed by atoms with Gasteiger partial charge >= 0.3 is 0 Å². The van der Waals surface area contributed by atoms with Gasteiger partial charge < -0.3 is 10.1 Å². The van der Waals surface area contributed by atoms with Gasteiger partial charge in [-0.05, 0) is 58.8 Å². The Morgan fingerprint density at radius 3 is 2.60 bits per heavy atom. The summed E-state index contributed by atoms with van der Waals surface area (Å²) < 4.78 is 5.91. The molecule has 4 aromatic rings. The number of carbonyl (C=O) groups excluding carboxylic acids is 2. The summed E-state index contributed by atoms with van der Waals surface area (Å²) in [5.74, 6) is 0.272. The predicted octanol–water partition coefficient (Wildman–Crippen LogP) is 6.74. The van der Waals surface area contributed by atoms with Crippen molar-refractivity contribution in [2.24, 2.45) is 0 Å². The summed E-state index contributed by atoms with van der Waals surface area (Å²) in [7, 11) is 0. The first-order valence-corrected chi connectivity index (χ1v) is 13.2. The molecule has 1 amide bonds. The number of thiophene rings is 1. The zero-order valence-electron chi connectivity index (χ0n) is 18.1. The molecule has 3 heterocycles. The second-order valence-corrected chi connectivity index (χ2v) is 10.7. The fraction of sp³-hybridized carbons (Fsp3) is 0.115. The second kappa shape index (κ2) is 10.0. The summed E-state index contributed by atoms with van der Waals surface area (Å²) in [5, 5.41) is 7.07. The number of nitrogens with one attached hydrogen (secondary N) is 1. The topological polar surface area (TPSA) is 68.3 Å². The Labute approximate surface area is 220 Å². The minimum Gasteiger partial charge on any atom is -0.439 e.